The third kappa shape index (κ3) is 4.40. The molecule has 0 saturated heterocycles. The zero-order chi connectivity index (χ0) is 21.1. The van der Waals surface area contributed by atoms with Gasteiger partial charge < -0.3 is 20.2 Å². The summed E-state index contributed by atoms with van der Waals surface area (Å²) in [4.78, 5) is 26.7. The molecule has 0 atom stereocenters. The minimum absolute atomic E-state index is 0.0560. The van der Waals surface area contributed by atoms with Crippen LogP contribution in [0.15, 0.2) is 36.4 Å². The number of nitrogens with zero attached hydrogens (tertiary/aromatic N) is 4. The fourth-order valence-corrected chi connectivity index (χ4v) is 2.85. The molecule has 0 aliphatic heterocycles. The number of anilines is 1. The van der Waals surface area contributed by atoms with Gasteiger partial charge in [-0.15, -0.1) is 0 Å². The predicted molar refractivity (Wildman–Crippen MR) is 108 cm³/mol. The quantitative estimate of drug-likeness (QED) is 0.505. The van der Waals surface area contributed by atoms with E-state index in [9.17, 15) is 14.9 Å². The summed E-state index contributed by atoms with van der Waals surface area (Å²) in [6.45, 7) is 6.90. The monoisotopic (exact) mass is 395 g/mol. The van der Waals surface area contributed by atoms with Crippen molar-refractivity contribution in [2.24, 2.45) is 0 Å². The molecule has 3 aromatic rings. The Hall–Kier alpha value is -3.75. The number of benzene rings is 1. The van der Waals surface area contributed by atoms with Crippen LogP contribution in [-0.2, 0) is 4.79 Å². The molecule has 0 bridgehead atoms. The third-order valence-electron chi connectivity index (χ3n) is 4.34. The maximum atomic E-state index is 12.4. The average Bonchev–Trinajstić information content (AvgIpc) is 2.95. The van der Waals surface area contributed by atoms with E-state index < -0.39 is 16.6 Å². The Bertz CT molecular complexity index is 1070. The Morgan fingerprint density at radius 3 is 2.48 bits per heavy atom. The molecule has 0 aliphatic carbocycles. The molecule has 2 aromatic heterocycles. The second-order valence-corrected chi connectivity index (χ2v) is 6.66. The number of nitrogens with one attached hydrogen (secondary N) is 1. The Morgan fingerprint density at radius 2 is 1.83 bits per heavy atom. The molecule has 0 saturated carbocycles. The molecule has 9 heteroatoms. The van der Waals surface area contributed by atoms with E-state index >= 15 is 0 Å². The van der Waals surface area contributed by atoms with Crippen molar-refractivity contribution in [1.82, 2.24) is 14.8 Å². The van der Waals surface area contributed by atoms with E-state index in [0.717, 1.165) is 16.9 Å². The molecule has 1 amide bonds. The van der Waals surface area contributed by atoms with Gasteiger partial charge in [0.05, 0.1) is 22.8 Å². The first kappa shape index (κ1) is 20.0. The van der Waals surface area contributed by atoms with Gasteiger partial charge in [0.15, 0.2) is 6.61 Å². The van der Waals surface area contributed by atoms with Crippen LogP contribution in [0.1, 0.15) is 22.6 Å². The first-order valence-electron chi connectivity index (χ1n) is 8.94. The average molecular weight is 395 g/mol. The first-order chi connectivity index (χ1) is 13.8. The number of ether oxygens (including phenoxy) is 1. The van der Waals surface area contributed by atoms with E-state index in [1.54, 1.807) is 24.6 Å². The Labute approximate surface area is 167 Å². The van der Waals surface area contributed by atoms with Gasteiger partial charge in [-0.05, 0) is 54.9 Å². The van der Waals surface area contributed by atoms with Gasteiger partial charge in [0.25, 0.3) is 5.91 Å². The van der Waals surface area contributed by atoms with Crippen LogP contribution in [0.25, 0.3) is 5.69 Å². The molecule has 0 aliphatic rings. The van der Waals surface area contributed by atoms with E-state index in [-0.39, 0.29) is 12.4 Å². The second kappa shape index (κ2) is 8.09. The number of hydrogen-bond acceptors (Lipinski definition) is 6. The van der Waals surface area contributed by atoms with E-state index in [4.69, 9.17) is 4.74 Å². The number of carbonyl (C=O) groups is 1. The van der Waals surface area contributed by atoms with E-state index in [0.29, 0.717) is 17.1 Å². The van der Waals surface area contributed by atoms with Crippen molar-refractivity contribution in [3.05, 3.63) is 69.2 Å². The Morgan fingerprint density at radius 1 is 1.14 bits per heavy atom. The number of rotatable bonds is 6. The van der Waals surface area contributed by atoms with Crippen LogP contribution < -0.4 is 10.1 Å². The SMILES string of the molecule is Cc1ccc(-n2nc(C)c(NC(=O)COc3ccc(C)nc3[N+](=O)[O-])c2C)cc1. The van der Waals surface area contributed by atoms with Gasteiger partial charge in [-0.2, -0.15) is 5.10 Å². The summed E-state index contributed by atoms with van der Waals surface area (Å²) in [6.07, 6.45) is 0. The second-order valence-electron chi connectivity index (χ2n) is 6.66. The maximum absolute atomic E-state index is 12.4. The molecule has 2 heterocycles. The fraction of sp³-hybridized carbons (Fsp3) is 0.250. The van der Waals surface area contributed by atoms with Crippen molar-refractivity contribution in [3.8, 4) is 11.4 Å². The number of aromatic nitrogens is 3. The zero-order valence-corrected chi connectivity index (χ0v) is 16.6. The molecular formula is C20H21N5O4. The van der Waals surface area contributed by atoms with E-state index in [1.807, 2.05) is 38.1 Å². The zero-order valence-electron chi connectivity index (χ0n) is 16.6. The molecular weight excluding hydrogens is 374 g/mol. The number of hydrogen-bond donors (Lipinski definition) is 1. The fourth-order valence-electron chi connectivity index (χ4n) is 2.85. The van der Waals surface area contributed by atoms with Gasteiger partial charge in [-0.25, -0.2) is 4.68 Å². The summed E-state index contributed by atoms with van der Waals surface area (Å²) < 4.78 is 7.08. The standard InChI is InChI=1S/C20H21N5O4/c1-12-5-8-16(9-6-12)24-15(4)19(14(3)23-24)22-18(26)11-29-17-10-7-13(2)21-20(17)25(27)28/h5-10H,11H2,1-4H3,(H,22,26). The van der Waals surface area contributed by atoms with Crippen molar-refractivity contribution >= 4 is 17.4 Å². The number of pyridine rings is 1. The van der Waals surface area contributed by atoms with Crippen LogP contribution in [0.2, 0.25) is 0 Å². The molecule has 0 fully saturated rings. The normalized spacial score (nSPS) is 10.6. The third-order valence-corrected chi connectivity index (χ3v) is 4.34. The highest BCUT2D eigenvalue weighted by Crippen LogP contribution is 2.25. The van der Waals surface area contributed by atoms with Crippen LogP contribution in [-0.4, -0.2) is 32.2 Å². The van der Waals surface area contributed by atoms with Crippen LogP contribution in [0.5, 0.6) is 5.75 Å². The van der Waals surface area contributed by atoms with Crippen molar-refractivity contribution in [3.63, 3.8) is 0 Å². The lowest BCUT2D eigenvalue weighted by Gasteiger charge is -2.09. The lowest BCUT2D eigenvalue weighted by molar-refractivity contribution is -0.390. The van der Waals surface area contributed by atoms with Gasteiger partial charge in [-0.1, -0.05) is 17.7 Å². The van der Waals surface area contributed by atoms with Crippen molar-refractivity contribution in [2.75, 3.05) is 11.9 Å². The Balaban J connectivity index is 1.73. The number of carbonyl (C=O) groups excluding carboxylic acids is 1. The minimum atomic E-state index is -0.639. The predicted octanol–water partition coefficient (Wildman–Crippen LogP) is 3.43. The van der Waals surface area contributed by atoms with Gasteiger partial charge in [0, 0.05) is 6.92 Å². The molecule has 1 aromatic carbocycles. The molecule has 3 rings (SSSR count). The smallest absolute Gasteiger partial charge is 0.406 e. The van der Waals surface area contributed by atoms with Crippen LogP contribution >= 0.6 is 0 Å². The molecule has 9 nitrogen and oxygen atoms in total. The van der Waals surface area contributed by atoms with Crippen LogP contribution in [0.4, 0.5) is 11.5 Å². The summed E-state index contributed by atoms with van der Waals surface area (Å²) in [5.74, 6) is -0.925. The number of aryl methyl sites for hydroxylation is 3. The molecule has 0 radical (unpaired) electrons. The summed E-state index contributed by atoms with van der Waals surface area (Å²) in [5, 5.41) is 18.4. The lowest BCUT2D eigenvalue weighted by Crippen LogP contribution is -2.21. The highest BCUT2D eigenvalue weighted by Gasteiger charge is 2.20. The first-order valence-corrected chi connectivity index (χ1v) is 8.94. The molecule has 0 spiro atoms. The largest absolute Gasteiger partial charge is 0.476 e. The molecule has 29 heavy (non-hydrogen) atoms. The summed E-state index contributed by atoms with van der Waals surface area (Å²) in [6, 6.07) is 10.9. The Kier molecular flexibility index (Phi) is 5.58. The lowest BCUT2D eigenvalue weighted by atomic mass is 10.2. The topological polar surface area (TPSA) is 112 Å². The van der Waals surface area contributed by atoms with Crippen molar-refractivity contribution < 1.29 is 14.5 Å². The van der Waals surface area contributed by atoms with E-state index in [1.165, 1.54) is 6.07 Å². The number of nitro groups is 1. The summed E-state index contributed by atoms with van der Waals surface area (Å²) in [5.41, 5.74) is 4.51. The minimum Gasteiger partial charge on any atom is -0.476 e. The number of amides is 1. The summed E-state index contributed by atoms with van der Waals surface area (Å²) in [7, 11) is 0. The van der Waals surface area contributed by atoms with Crippen LogP contribution in [0, 0.1) is 37.8 Å². The summed E-state index contributed by atoms with van der Waals surface area (Å²) >= 11 is 0. The highest BCUT2D eigenvalue weighted by molar-refractivity contribution is 5.93. The van der Waals surface area contributed by atoms with Gasteiger partial charge in [0.2, 0.25) is 5.75 Å². The van der Waals surface area contributed by atoms with Gasteiger partial charge in [-0.3, -0.25) is 4.79 Å². The molecule has 150 valence electrons. The molecule has 1 N–H and O–H groups in total. The highest BCUT2D eigenvalue weighted by atomic mass is 16.6. The van der Waals surface area contributed by atoms with Gasteiger partial charge in [0.1, 0.15) is 5.69 Å². The van der Waals surface area contributed by atoms with Crippen molar-refractivity contribution in [1.29, 1.82) is 0 Å². The van der Waals surface area contributed by atoms with E-state index in [2.05, 4.69) is 15.4 Å². The maximum Gasteiger partial charge on any atom is 0.406 e. The van der Waals surface area contributed by atoms with Crippen LogP contribution in [0.3, 0.4) is 0 Å². The molecule has 0 unspecified atom stereocenters. The van der Waals surface area contributed by atoms with Gasteiger partial charge >= 0.3 is 5.82 Å². The van der Waals surface area contributed by atoms with Crippen molar-refractivity contribution in [2.45, 2.75) is 27.7 Å².